The molecule has 0 aliphatic heterocycles. The van der Waals surface area contributed by atoms with Crippen LogP contribution in [0.5, 0.6) is 0 Å². The summed E-state index contributed by atoms with van der Waals surface area (Å²) in [7, 11) is 0. The van der Waals surface area contributed by atoms with E-state index in [0.717, 1.165) is 31.7 Å². The minimum atomic E-state index is -4.51. The van der Waals surface area contributed by atoms with Crippen molar-refractivity contribution >= 4 is 28.2 Å². The van der Waals surface area contributed by atoms with Gasteiger partial charge in [-0.15, -0.1) is 0 Å². The number of pyridine rings is 1. The summed E-state index contributed by atoms with van der Waals surface area (Å²) < 4.78 is 40.2. The Labute approximate surface area is 173 Å². The third-order valence-corrected chi connectivity index (χ3v) is 6.11. The Kier molecular flexibility index (Phi) is 5.43. The molecule has 0 saturated heterocycles. The molecular weight excluding hydrogens is 397 g/mol. The largest absolute Gasteiger partial charge is 0.433 e. The third-order valence-electron chi connectivity index (χ3n) is 5.88. The van der Waals surface area contributed by atoms with E-state index in [1.54, 1.807) is 12.1 Å². The van der Waals surface area contributed by atoms with Gasteiger partial charge in [-0.25, -0.2) is 4.98 Å². The zero-order chi connectivity index (χ0) is 20.5. The maximum atomic E-state index is 13.4. The van der Waals surface area contributed by atoms with E-state index in [9.17, 15) is 13.2 Å². The van der Waals surface area contributed by atoms with Crippen molar-refractivity contribution < 1.29 is 13.2 Å². The second-order valence-corrected chi connectivity index (χ2v) is 8.21. The Balaban J connectivity index is 1.73. The monoisotopic (exact) mass is 418 g/mol. The number of aromatic nitrogens is 1. The van der Waals surface area contributed by atoms with E-state index in [2.05, 4.69) is 22.4 Å². The number of fused-ring (bicyclic) bond motifs is 1. The number of alkyl halides is 3. The molecule has 152 valence electrons. The van der Waals surface area contributed by atoms with E-state index in [1.165, 1.54) is 18.1 Å². The lowest BCUT2D eigenvalue weighted by atomic mass is 9.69. The summed E-state index contributed by atoms with van der Waals surface area (Å²) in [4.78, 5) is 3.79. The van der Waals surface area contributed by atoms with E-state index in [-0.39, 0.29) is 10.9 Å². The summed E-state index contributed by atoms with van der Waals surface area (Å²) in [6.45, 7) is 0.569. The van der Waals surface area contributed by atoms with Crippen LogP contribution in [0.4, 0.5) is 18.9 Å². The molecule has 1 aromatic heterocycles. The van der Waals surface area contributed by atoms with Gasteiger partial charge in [-0.2, -0.15) is 13.2 Å². The average molecular weight is 419 g/mol. The molecule has 0 radical (unpaired) electrons. The van der Waals surface area contributed by atoms with Gasteiger partial charge < -0.3 is 5.32 Å². The van der Waals surface area contributed by atoms with Crippen LogP contribution in [-0.2, 0) is 11.6 Å². The van der Waals surface area contributed by atoms with Gasteiger partial charge in [0.05, 0.1) is 5.52 Å². The summed E-state index contributed by atoms with van der Waals surface area (Å²) >= 11 is 6.11. The molecule has 1 saturated carbocycles. The molecule has 0 bridgehead atoms. The number of hydrogen-bond acceptors (Lipinski definition) is 2. The number of nitrogens with zero attached hydrogens (tertiary/aromatic N) is 1. The van der Waals surface area contributed by atoms with Crippen LogP contribution in [0, 0.1) is 0 Å². The number of nitrogens with one attached hydrogen (secondary N) is 1. The van der Waals surface area contributed by atoms with Gasteiger partial charge in [-0.05, 0) is 42.7 Å². The maximum absolute atomic E-state index is 13.4. The Morgan fingerprint density at radius 3 is 2.38 bits per heavy atom. The van der Waals surface area contributed by atoms with Crippen LogP contribution >= 0.6 is 11.6 Å². The van der Waals surface area contributed by atoms with Crippen molar-refractivity contribution in [2.45, 2.75) is 43.7 Å². The molecule has 1 N–H and O–H groups in total. The van der Waals surface area contributed by atoms with Gasteiger partial charge in [0.1, 0.15) is 5.69 Å². The van der Waals surface area contributed by atoms with Crippen LogP contribution in [0.1, 0.15) is 43.4 Å². The first-order valence-electron chi connectivity index (χ1n) is 9.84. The smallest absolute Gasteiger partial charge is 0.384 e. The lowest BCUT2D eigenvalue weighted by molar-refractivity contribution is -0.140. The minimum absolute atomic E-state index is 0.0912. The molecule has 4 rings (SSSR count). The standard InChI is InChI=1S/C23H22ClF3N2/c24-17-9-10-19-18(13-17)20(14-21(29-19)23(25,26)27)28-15-22(11-5-2-6-12-22)16-7-3-1-4-8-16/h1,3-4,7-10,13-14H,2,5-6,11-12,15H2,(H,28,29). The SMILES string of the molecule is FC(F)(F)c1cc(NCC2(c3ccccc3)CCCCC2)c2cc(Cl)ccc2n1. The van der Waals surface area contributed by atoms with E-state index in [0.29, 0.717) is 22.6 Å². The fourth-order valence-electron chi connectivity index (χ4n) is 4.34. The molecule has 0 unspecified atom stereocenters. The Hall–Kier alpha value is -2.27. The van der Waals surface area contributed by atoms with Crippen LogP contribution < -0.4 is 5.32 Å². The van der Waals surface area contributed by atoms with Crippen LogP contribution in [0.3, 0.4) is 0 Å². The zero-order valence-corrected chi connectivity index (χ0v) is 16.7. The van der Waals surface area contributed by atoms with Crippen molar-refractivity contribution in [1.82, 2.24) is 4.98 Å². The van der Waals surface area contributed by atoms with Gasteiger partial charge in [-0.1, -0.05) is 61.2 Å². The molecule has 1 heterocycles. The molecule has 1 aliphatic carbocycles. The van der Waals surface area contributed by atoms with E-state index in [4.69, 9.17) is 11.6 Å². The Bertz CT molecular complexity index is 996. The second-order valence-electron chi connectivity index (χ2n) is 7.77. The highest BCUT2D eigenvalue weighted by Crippen LogP contribution is 2.41. The number of hydrogen-bond donors (Lipinski definition) is 1. The highest BCUT2D eigenvalue weighted by atomic mass is 35.5. The molecule has 1 aliphatic rings. The third kappa shape index (κ3) is 4.20. The molecular formula is C23H22ClF3N2. The van der Waals surface area contributed by atoms with Crippen LogP contribution in [0.2, 0.25) is 5.02 Å². The first-order chi connectivity index (χ1) is 13.9. The highest BCUT2D eigenvalue weighted by Gasteiger charge is 2.35. The van der Waals surface area contributed by atoms with Crippen molar-refractivity contribution in [3.05, 3.63) is 70.9 Å². The Morgan fingerprint density at radius 1 is 0.966 bits per heavy atom. The van der Waals surface area contributed by atoms with E-state index < -0.39 is 11.9 Å². The number of benzene rings is 2. The van der Waals surface area contributed by atoms with Gasteiger partial charge in [0.15, 0.2) is 0 Å². The van der Waals surface area contributed by atoms with Gasteiger partial charge in [0, 0.05) is 28.1 Å². The lowest BCUT2D eigenvalue weighted by Crippen LogP contribution is -2.36. The molecule has 2 aromatic carbocycles. The quantitative estimate of drug-likeness (QED) is 0.483. The summed E-state index contributed by atoms with van der Waals surface area (Å²) in [5, 5.41) is 4.41. The average Bonchev–Trinajstić information content (AvgIpc) is 2.72. The first kappa shape index (κ1) is 20.0. The van der Waals surface area contributed by atoms with Gasteiger partial charge in [-0.3, -0.25) is 0 Å². The topological polar surface area (TPSA) is 24.9 Å². The molecule has 0 atom stereocenters. The summed E-state index contributed by atoms with van der Waals surface area (Å²) in [6, 6.07) is 16.1. The number of anilines is 1. The normalized spacial score (nSPS) is 16.7. The number of rotatable bonds is 4. The molecule has 1 fully saturated rings. The van der Waals surface area contributed by atoms with Gasteiger partial charge in [0.2, 0.25) is 0 Å². The summed E-state index contributed by atoms with van der Waals surface area (Å²) in [5.41, 5.74) is 0.952. The lowest BCUT2D eigenvalue weighted by Gasteiger charge is -2.38. The minimum Gasteiger partial charge on any atom is -0.384 e. The van der Waals surface area contributed by atoms with E-state index >= 15 is 0 Å². The molecule has 29 heavy (non-hydrogen) atoms. The van der Waals surface area contributed by atoms with Crippen molar-refractivity contribution in [2.75, 3.05) is 11.9 Å². The van der Waals surface area contributed by atoms with Crippen LogP contribution in [0.15, 0.2) is 54.6 Å². The Morgan fingerprint density at radius 2 is 1.69 bits per heavy atom. The van der Waals surface area contributed by atoms with E-state index in [1.807, 2.05) is 18.2 Å². The second kappa shape index (κ2) is 7.86. The van der Waals surface area contributed by atoms with Crippen molar-refractivity contribution in [3.8, 4) is 0 Å². The molecule has 0 amide bonds. The summed E-state index contributed by atoms with van der Waals surface area (Å²) in [6.07, 6.45) is 0.952. The van der Waals surface area contributed by atoms with Gasteiger partial charge in [0.25, 0.3) is 0 Å². The van der Waals surface area contributed by atoms with Crippen molar-refractivity contribution in [2.24, 2.45) is 0 Å². The fraction of sp³-hybridized carbons (Fsp3) is 0.348. The van der Waals surface area contributed by atoms with Gasteiger partial charge >= 0.3 is 6.18 Å². The molecule has 0 spiro atoms. The predicted molar refractivity (Wildman–Crippen MR) is 111 cm³/mol. The van der Waals surface area contributed by atoms with Crippen molar-refractivity contribution in [3.63, 3.8) is 0 Å². The fourth-order valence-corrected chi connectivity index (χ4v) is 4.51. The van der Waals surface area contributed by atoms with Crippen molar-refractivity contribution in [1.29, 1.82) is 0 Å². The number of halogens is 4. The zero-order valence-electron chi connectivity index (χ0n) is 15.9. The summed E-state index contributed by atoms with van der Waals surface area (Å²) in [5.74, 6) is 0. The molecule has 6 heteroatoms. The highest BCUT2D eigenvalue weighted by molar-refractivity contribution is 6.31. The molecule has 2 nitrogen and oxygen atoms in total. The predicted octanol–water partition coefficient (Wildman–Crippen LogP) is 7.22. The maximum Gasteiger partial charge on any atom is 0.433 e. The first-order valence-corrected chi connectivity index (χ1v) is 10.2. The van der Waals surface area contributed by atoms with Crippen LogP contribution in [-0.4, -0.2) is 11.5 Å². The molecule has 3 aromatic rings. The van der Waals surface area contributed by atoms with Crippen LogP contribution in [0.25, 0.3) is 10.9 Å².